The van der Waals surface area contributed by atoms with Crippen LogP contribution in [0.3, 0.4) is 0 Å². The first kappa shape index (κ1) is 18.9. The molecule has 0 fully saturated rings. The number of nitrogens with zero attached hydrogens (tertiary/aromatic N) is 3. The fraction of sp³-hybridized carbons (Fsp3) is 0.125. The molecule has 0 unspecified atom stereocenters. The van der Waals surface area contributed by atoms with Gasteiger partial charge in [-0.15, -0.1) is 0 Å². The quantitative estimate of drug-likeness (QED) is 0.476. The highest BCUT2D eigenvalue weighted by Gasteiger charge is 2.17. The molecule has 5 rings (SSSR count). The summed E-state index contributed by atoms with van der Waals surface area (Å²) in [4.78, 5) is 30.1. The summed E-state index contributed by atoms with van der Waals surface area (Å²) in [5.74, 6) is 0.398. The van der Waals surface area contributed by atoms with Gasteiger partial charge in [0.15, 0.2) is 11.4 Å². The number of benzene rings is 1. The van der Waals surface area contributed by atoms with Crippen molar-refractivity contribution in [3.05, 3.63) is 107 Å². The third-order valence-corrected chi connectivity index (χ3v) is 5.34. The second kappa shape index (κ2) is 7.60. The van der Waals surface area contributed by atoms with Gasteiger partial charge in [-0.25, -0.2) is 4.98 Å². The lowest BCUT2D eigenvalue weighted by atomic mass is 10.1. The maximum absolute atomic E-state index is 13.0. The fourth-order valence-electron chi connectivity index (χ4n) is 3.76. The summed E-state index contributed by atoms with van der Waals surface area (Å²) < 4.78 is 9.17. The van der Waals surface area contributed by atoms with E-state index >= 15 is 0 Å². The van der Waals surface area contributed by atoms with Crippen molar-refractivity contribution in [3.63, 3.8) is 0 Å². The Morgan fingerprint density at radius 2 is 1.84 bits per heavy atom. The number of amides is 1. The van der Waals surface area contributed by atoms with E-state index < -0.39 is 0 Å². The van der Waals surface area contributed by atoms with Crippen LogP contribution in [0.1, 0.15) is 34.8 Å². The SMILES string of the molecule is C[C@@H](NC(=O)c1ccc(Cn2c(=O)c3cccn3c3cccnc32)o1)c1ccccc1. The Balaban J connectivity index is 1.43. The van der Waals surface area contributed by atoms with E-state index in [9.17, 15) is 9.59 Å². The topological polar surface area (TPSA) is 81.5 Å². The largest absolute Gasteiger partial charge is 0.454 e. The van der Waals surface area contributed by atoms with Crippen molar-refractivity contribution in [1.29, 1.82) is 0 Å². The highest BCUT2D eigenvalue weighted by molar-refractivity contribution is 5.91. The molecular formula is C24H20N4O3. The summed E-state index contributed by atoms with van der Waals surface area (Å²) in [5.41, 5.74) is 2.77. The fourth-order valence-corrected chi connectivity index (χ4v) is 3.76. The predicted molar refractivity (Wildman–Crippen MR) is 117 cm³/mol. The zero-order chi connectivity index (χ0) is 21.4. The minimum Gasteiger partial charge on any atom is -0.454 e. The lowest BCUT2D eigenvalue weighted by Gasteiger charge is -2.13. The Kier molecular flexibility index (Phi) is 4.63. The van der Waals surface area contributed by atoms with E-state index in [2.05, 4.69) is 10.3 Å². The Bertz CT molecular complexity index is 1450. The zero-order valence-electron chi connectivity index (χ0n) is 16.9. The van der Waals surface area contributed by atoms with Gasteiger partial charge in [-0.3, -0.25) is 14.2 Å². The summed E-state index contributed by atoms with van der Waals surface area (Å²) in [6.45, 7) is 2.09. The van der Waals surface area contributed by atoms with E-state index in [0.29, 0.717) is 16.9 Å². The van der Waals surface area contributed by atoms with Gasteiger partial charge in [0.05, 0.1) is 18.1 Å². The Labute approximate surface area is 177 Å². The van der Waals surface area contributed by atoms with Gasteiger partial charge in [-0.2, -0.15) is 0 Å². The average Bonchev–Trinajstić information content (AvgIpc) is 3.47. The summed E-state index contributed by atoms with van der Waals surface area (Å²) >= 11 is 0. The molecule has 7 nitrogen and oxygen atoms in total. The first-order chi connectivity index (χ1) is 15.1. The second-order valence-electron chi connectivity index (χ2n) is 7.37. The van der Waals surface area contributed by atoms with Crippen LogP contribution in [0.15, 0.2) is 88.3 Å². The number of rotatable bonds is 5. The van der Waals surface area contributed by atoms with Gasteiger partial charge >= 0.3 is 0 Å². The van der Waals surface area contributed by atoms with Crippen LogP contribution in [0.2, 0.25) is 0 Å². The highest BCUT2D eigenvalue weighted by atomic mass is 16.4. The number of carbonyl (C=O) groups excluding carboxylic acids is 1. The molecule has 0 bridgehead atoms. The van der Waals surface area contributed by atoms with E-state index in [0.717, 1.165) is 11.1 Å². The summed E-state index contributed by atoms with van der Waals surface area (Å²) in [5, 5.41) is 2.93. The van der Waals surface area contributed by atoms with Crippen LogP contribution in [-0.4, -0.2) is 19.9 Å². The molecule has 154 valence electrons. The van der Waals surface area contributed by atoms with Crippen LogP contribution < -0.4 is 10.9 Å². The zero-order valence-corrected chi connectivity index (χ0v) is 16.9. The van der Waals surface area contributed by atoms with Gasteiger partial charge in [-0.05, 0) is 48.9 Å². The Morgan fingerprint density at radius 1 is 1.03 bits per heavy atom. The van der Waals surface area contributed by atoms with Crippen LogP contribution in [0, 0.1) is 0 Å². The van der Waals surface area contributed by atoms with Crippen LogP contribution >= 0.6 is 0 Å². The molecule has 1 atom stereocenters. The monoisotopic (exact) mass is 412 g/mol. The number of aromatic nitrogens is 3. The number of furan rings is 1. The molecule has 0 aliphatic heterocycles. The minimum atomic E-state index is -0.306. The third-order valence-electron chi connectivity index (χ3n) is 5.34. The summed E-state index contributed by atoms with van der Waals surface area (Å²) in [7, 11) is 0. The number of pyridine rings is 1. The van der Waals surface area contributed by atoms with Crippen molar-refractivity contribution < 1.29 is 9.21 Å². The molecule has 0 aliphatic carbocycles. The van der Waals surface area contributed by atoms with E-state index in [4.69, 9.17) is 4.42 Å². The molecule has 1 aromatic carbocycles. The number of hydrogen-bond acceptors (Lipinski definition) is 4. The van der Waals surface area contributed by atoms with Crippen molar-refractivity contribution in [2.75, 3.05) is 0 Å². The molecule has 0 spiro atoms. The lowest BCUT2D eigenvalue weighted by molar-refractivity contribution is 0.0910. The number of fused-ring (bicyclic) bond motifs is 3. The predicted octanol–water partition coefficient (Wildman–Crippen LogP) is 3.78. The molecule has 31 heavy (non-hydrogen) atoms. The molecule has 7 heteroatoms. The van der Waals surface area contributed by atoms with E-state index in [1.807, 2.05) is 66.1 Å². The second-order valence-corrected chi connectivity index (χ2v) is 7.37. The minimum absolute atomic E-state index is 0.158. The van der Waals surface area contributed by atoms with Gasteiger partial charge in [-0.1, -0.05) is 30.3 Å². The molecule has 4 heterocycles. The molecular weight excluding hydrogens is 392 g/mol. The molecule has 0 saturated heterocycles. The maximum atomic E-state index is 13.0. The molecule has 0 saturated carbocycles. The summed E-state index contributed by atoms with van der Waals surface area (Å²) in [6.07, 6.45) is 3.49. The Morgan fingerprint density at radius 3 is 2.68 bits per heavy atom. The standard InChI is InChI=1S/C24H20N4O3/c1-16(17-7-3-2-4-8-17)26-23(29)21-12-11-18(31-21)15-28-22-19(9-5-13-25-22)27-14-6-10-20(27)24(28)30/h2-14,16H,15H2,1H3,(H,26,29)/t16-/m1/s1. The number of carbonyl (C=O) groups is 1. The van der Waals surface area contributed by atoms with Crippen LogP contribution in [-0.2, 0) is 6.54 Å². The van der Waals surface area contributed by atoms with Gasteiger partial charge in [0.25, 0.3) is 11.5 Å². The lowest BCUT2D eigenvalue weighted by Crippen LogP contribution is -2.26. The molecule has 5 aromatic rings. The van der Waals surface area contributed by atoms with Gasteiger partial charge in [0.2, 0.25) is 0 Å². The highest BCUT2D eigenvalue weighted by Crippen LogP contribution is 2.17. The van der Waals surface area contributed by atoms with Crippen LogP contribution in [0.5, 0.6) is 0 Å². The summed E-state index contributed by atoms with van der Waals surface area (Å²) in [6, 6.07) is 20.2. The van der Waals surface area contributed by atoms with E-state index in [1.165, 1.54) is 0 Å². The third kappa shape index (κ3) is 3.40. The smallest absolute Gasteiger partial charge is 0.287 e. The van der Waals surface area contributed by atoms with Crippen molar-refractivity contribution in [2.24, 2.45) is 0 Å². The van der Waals surface area contributed by atoms with Crippen molar-refractivity contribution in [1.82, 2.24) is 19.3 Å². The van der Waals surface area contributed by atoms with Crippen molar-refractivity contribution in [3.8, 4) is 0 Å². The normalized spacial score (nSPS) is 12.3. The Hall–Kier alpha value is -4.13. The molecule has 1 amide bonds. The van der Waals surface area contributed by atoms with E-state index in [-0.39, 0.29) is 29.8 Å². The molecule has 1 N–H and O–H groups in total. The van der Waals surface area contributed by atoms with Crippen molar-refractivity contribution in [2.45, 2.75) is 19.5 Å². The van der Waals surface area contributed by atoms with E-state index in [1.54, 1.807) is 29.0 Å². The number of nitrogens with one attached hydrogen (secondary N) is 1. The molecule has 4 aromatic heterocycles. The van der Waals surface area contributed by atoms with Crippen LogP contribution in [0.4, 0.5) is 0 Å². The molecule has 0 radical (unpaired) electrons. The van der Waals surface area contributed by atoms with Crippen molar-refractivity contribution >= 4 is 22.6 Å². The van der Waals surface area contributed by atoms with Gasteiger partial charge in [0, 0.05) is 12.4 Å². The van der Waals surface area contributed by atoms with Gasteiger partial charge < -0.3 is 14.1 Å². The first-order valence-corrected chi connectivity index (χ1v) is 10.0. The average molecular weight is 412 g/mol. The number of hydrogen-bond donors (Lipinski definition) is 1. The van der Waals surface area contributed by atoms with Gasteiger partial charge in [0.1, 0.15) is 11.3 Å². The first-order valence-electron chi connectivity index (χ1n) is 10.0. The van der Waals surface area contributed by atoms with Crippen LogP contribution in [0.25, 0.3) is 16.7 Å². The molecule has 0 aliphatic rings. The maximum Gasteiger partial charge on any atom is 0.287 e.